The van der Waals surface area contributed by atoms with E-state index in [1.807, 2.05) is 36.4 Å². The minimum absolute atomic E-state index is 0.0943. The molecule has 0 fully saturated rings. The fourth-order valence-corrected chi connectivity index (χ4v) is 3.56. The van der Waals surface area contributed by atoms with Crippen LogP contribution in [0.25, 0.3) is 0 Å². The van der Waals surface area contributed by atoms with Gasteiger partial charge in [0.05, 0.1) is 5.56 Å². The summed E-state index contributed by atoms with van der Waals surface area (Å²) in [4.78, 5) is 26.7. The Morgan fingerprint density at radius 1 is 0.679 bits per heavy atom. The molecule has 0 bridgehead atoms. The fraction of sp³-hybridized carbons (Fsp3) is 0.130. The average Bonchev–Trinajstić information content (AvgIpc) is 2.73. The number of rotatable bonds is 6. The topological polar surface area (TPSA) is 58.2 Å². The molecule has 0 aliphatic heterocycles. The van der Waals surface area contributed by atoms with Crippen molar-refractivity contribution in [2.24, 2.45) is 0 Å². The smallest absolute Gasteiger partial charge is 0.196 e. The summed E-state index contributed by atoms with van der Waals surface area (Å²) in [6.45, 7) is 1.49. The Balaban J connectivity index is 1.43. The van der Waals surface area contributed by atoms with E-state index in [-0.39, 0.29) is 11.6 Å². The molecule has 0 spiro atoms. The maximum absolute atomic E-state index is 13.0. The number of nitrogens with one attached hydrogen (secondary N) is 2. The molecule has 0 radical (unpaired) electrons. The van der Waals surface area contributed by atoms with Crippen LogP contribution in [0.3, 0.4) is 0 Å². The second-order valence-corrected chi connectivity index (χ2v) is 7.20. The maximum Gasteiger partial charge on any atom is 0.196 e. The predicted octanol–water partition coefficient (Wildman–Crippen LogP) is 4.66. The molecule has 0 aromatic heterocycles. The van der Waals surface area contributed by atoms with Crippen molar-refractivity contribution in [2.45, 2.75) is 11.3 Å². The number of carbonyl (C=O) groups excluding carboxylic acids is 2. The number of hydrogen-bond acceptors (Lipinski definition) is 5. The minimum atomic E-state index is -0.0988. The van der Waals surface area contributed by atoms with Crippen molar-refractivity contribution in [3.63, 3.8) is 0 Å². The Kier molecular flexibility index (Phi) is 5.17. The third-order valence-corrected chi connectivity index (χ3v) is 5.12. The van der Waals surface area contributed by atoms with Crippen molar-refractivity contribution >= 4 is 35.6 Å². The van der Waals surface area contributed by atoms with E-state index in [2.05, 4.69) is 23.3 Å². The zero-order valence-electron chi connectivity index (χ0n) is 15.2. The molecular formula is C23H20N2O2S. The van der Waals surface area contributed by atoms with E-state index in [1.165, 1.54) is 0 Å². The van der Waals surface area contributed by atoms with Gasteiger partial charge in [0.25, 0.3) is 0 Å². The lowest BCUT2D eigenvalue weighted by molar-refractivity contribution is 0.0979. The van der Waals surface area contributed by atoms with E-state index < -0.39 is 0 Å². The first-order valence-corrected chi connectivity index (χ1v) is 9.68. The highest BCUT2D eigenvalue weighted by molar-refractivity contribution is 7.80. The van der Waals surface area contributed by atoms with Gasteiger partial charge in [0.2, 0.25) is 0 Å². The van der Waals surface area contributed by atoms with Gasteiger partial charge in [-0.15, -0.1) is 12.6 Å². The minimum Gasteiger partial charge on any atom is -0.385 e. The van der Waals surface area contributed by atoms with E-state index >= 15 is 0 Å². The highest BCUT2D eigenvalue weighted by atomic mass is 32.1. The first-order chi connectivity index (χ1) is 13.6. The summed E-state index contributed by atoms with van der Waals surface area (Å²) in [5, 5.41) is 6.68. The van der Waals surface area contributed by atoms with Crippen molar-refractivity contribution in [3.8, 4) is 0 Å². The SMILES string of the molecule is O=C1c2ccccc2C(=O)c2c(NCCCNc3ccc(S)cc3)cccc21. The molecule has 3 aromatic rings. The number of anilines is 2. The van der Waals surface area contributed by atoms with Gasteiger partial charge in [0.15, 0.2) is 11.6 Å². The van der Waals surface area contributed by atoms with Crippen LogP contribution in [0.2, 0.25) is 0 Å². The summed E-state index contributed by atoms with van der Waals surface area (Å²) in [5.41, 5.74) is 3.66. The van der Waals surface area contributed by atoms with Crippen molar-refractivity contribution in [2.75, 3.05) is 23.7 Å². The van der Waals surface area contributed by atoms with Gasteiger partial charge in [-0.1, -0.05) is 36.4 Å². The third kappa shape index (κ3) is 3.53. The summed E-state index contributed by atoms with van der Waals surface area (Å²) >= 11 is 4.28. The predicted molar refractivity (Wildman–Crippen MR) is 115 cm³/mol. The van der Waals surface area contributed by atoms with Crippen LogP contribution in [0, 0.1) is 0 Å². The van der Waals surface area contributed by atoms with Crippen LogP contribution < -0.4 is 10.6 Å². The zero-order chi connectivity index (χ0) is 19.5. The number of thiol groups is 1. The van der Waals surface area contributed by atoms with Crippen LogP contribution in [0.15, 0.2) is 71.6 Å². The van der Waals surface area contributed by atoms with Crippen LogP contribution >= 0.6 is 12.6 Å². The maximum atomic E-state index is 13.0. The summed E-state index contributed by atoms with van der Waals surface area (Å²) < 4.78 is 0. The molecule has 0 amide bonds. The number of fused-ring (bicyclic) bond motifs is 2. The molecule has 0 heterocycles. The van der Waals surface area contributed by atoms with Crippen molar-refractivity contribution in [1.29, 1.82) is 0 Å². The van der Waals surface area contributed by atoms with Crippen molar-refractivity contribution in [3.05, 3.63) is 89.0 Å². The number of benzene rings is 3. The summed E-state index contributed by atoms with van der Waals surface area (Å²) in [7, 11) is 0. The fourth-order valence-electron chi connectivity index (χ4n) is 3.42. The third-order valence-electron chi connectivity index (χ3n) is 4.82. The van der Waals surface area contributed by atoms with E-state index in [0.717, 1.165) is 23.5 Å². The molecule has 0 unspecified atom stereocenters. The van der Waals surface area contributed by atoms with E-state index in [0.29, 0.717) is 34.5 Å². The van der Waals surface area contributed by atoms with E-state index in [9.17, 15) is 9.59 Å². The van der Waals surface area contributed by atoms with Gasteiger partial charge < -0.3 is 10.6 Å². The molecule has 5 heteroatoms. The molecule has 28 heavy (non-hydrogen) atoms. The molecule has 1 aliphatic rings. The Hall–Kier alpha value is -3.05. The average molecular weight is 388 g/mol. The molecule has 0 saturated heterocycles. The molecule has 4 nitrogen and oxygen atoms in total. The highest BCUT2D eigenvalue weighted by Gasteiger charge is 2.31. The quantitative estimate of drug-likeness (QED) is 0.332. The van der Waals surface area contributed by atoms with Crippen LogP contribution in [-0.4, -0.2) is 24.7 Å². The first-order valence-electron chi connectivity index (χ1n) is 9.23. The lowest BCUT2D eigenvalue weighted by Gasteiger charge is -2.20. The van der Waals surface area contributed by atoms with Gasteiger partial charge in [-0.05, 0) is 36.8 Å². The second-order valence-electron chi connectivity index (χ2n) is 6.69. The Labute approximate surface area is 169 Å². The normalized spacial score (nSPS) is 12.3. The molecule has 140 valence electrons. The van der Waals surface area contributed by atoms with Crippen LogP contribution in [0.5, 0.6) is 0 Å². The van der Waals surface area contributed by atoms with E-state index in [4.69, 9.17) is 0 Å². The zero-order valence-corrected chi connectivity index (χ0v) is 16.1. The standard InChI is InChI=1S/C23H20N2O2S/c26-22-17-5-1-2-6-18(17)23(27)21-19(22)7-3-8-20(21)25-14-4-13-24-15-9-11-16(28)12-10-15/h1-3,5-12,24-25,28H,4,13-14H2. The van der Waals surface area contributed by atoms with Crippen molar-refractivity contribution in [1.82, 2.24) is 0 Å². The molecule has 2 N–H and O–H groups in total. The molecular weight excluding hydrogens is 368 g/mol. The molecule has 0 saturated carbocycles. The Morgan fingerprint density at radius 3 is 2.07 bits per heavy atom. The van der Waals surface area contributed by atoms with Crippen LogP contribution in [0.4, 0.5) is 11.4 Å². The largest absolute Gasteiger partial charge is 0.385 e. The summed E-state index contributed by atoms with van der Waals surface area (Å²) in [6, 6.07) is 20.3. The van der Waals surface area contributed by atoms with Gasteiger partial charge >= 0.3 is 0 Å². The Bertz CT molecular complexity index is 1040. The molecule has 1 aliphatic carbocycles. The molecule has 0 atom stereocenters. The number of hydrogen-bond donors (Lipinski definition) is 3. The monoisotopic (exact) mass is 388 g/mol. The lowest BCUT2D eigenvalue weighted by atomic mass is 9.83. The molecule has 3 aromatic carbocycles. The molecule has 4 rings (SSSR count). The van der Waals surface area contributed by atoms with Gasteiger partial charge in [-0.2, -0.15) is 0 Å². The first kappa shape index (κ1) is 18.3. The van der Waals surface area contributed by atoms with Gasteiger partial charge in [-0.3, -0.25) is 9.59 Å². The van der Waals surface area contributed by atoms with Crippen LogP contribution in [-0.2, 0) is 0 Å². The van der Waals surface area contributed by atoms with Gasteiger partial charge in [0.1, 0.15) is 0 Å². The summed E-state index contributed by atoms with van der Waals surface area (Å²) in [6.07, 6.45) is 0.866. The van der Waals surface area contributed by atoms with Gasteiger partial charge in [0, 0.05) is 46.1 Å². The van der Waals surface area contributed by atoms with E-state index in [1.54, 1.807) is 30.3 Å². The van der Waals surface area contributed by atoms with Gasteiger partial charge in [-0.25, -0.2) is 0 Å². The van der Waals surface area contributed by atoms with Crippen LogP contribution in [0.1, 0.15) is 38.3 Å². The highest BCUT2D eigenvalue weighted by Crippen LogP contribution is 2.31. The number of carbonyl (C=O) groups is 2. The Morgan fingerprint density at radius 2 is 1.32 bits per heavy atom. The second kappa shape index (κ2) is 7.90. The number of ketones is 2. The van der Waals surface area contributed by atoms with Crippen molar-refractivity contribution < 1.29 is 9.59 Å². The lowest BCUT2D eigenvalue weighted by Crippen LogP contribution is -2.22. The summed E-state index contributed by atoms with van der Waals surface area (Å²) in [5.74, 6) is -0.193.